The molecule has 3 rings (SSSR count). The predicted molar refractivity (Wildman–Crippen MR) is 103 cm³/mol. The van der Waals surface area contributed by atoms with Crippen molar-refractivity contribution in [3.05, 3.63) is 24.8 Å². The Bertz CT molecular complexity index is 497. The van der Waals surface area contributed by atoms with Crippen LogP contribution in [0, 0.1) is 13.1 Å². The molecule has 3 nitrogen and oxygen atoms in total. The summed E-state index contributed by atoms with van der Waals surface area (Å²) in [7, 11) is 0. The molecule has 0 amide bonds. The van der Waals surface area contributed by atoms with Crippen LogP contribution in [0.1, 0.15) is 37.3 Å². The Kier molecular flexibility index (Phi) is 5.66. The Balaban J connectivity index is 1.97. The number of benzene rings is 1. The van der Waals surface area contributed by atoms with Gasteiger partial charge in [-0.2, -0.15) is 0 Å². The molecule has 116 valence electrons. The SMILES string of the molecule is Oc1c(I)cc(I)cc1[C@H](C1CCCC1)N1CCNCC1. The summed E-state index contributed by atoms with van der Waals surface area (Å²) in [6.45, 7) is 4.29. The summed E-state index contributed by atoms with van der Waals surface area (Å²) >= 11 is 4.63. The molecule has 0 spiro atoms. The quantitative estimate of drug-likeness (QED) is 0.607. The Morgan fingerprint density at radius 1 is 1.14 bits per heavy atom. The van der Waals surface area contributed by atoms with E-state index in [1.807, 2.05) is 0 Å². The molecule has 2 aliphatic rings. The molecule has 21 heavy (non-hydrogen) atoms. The standard InChI is InChI=1S/C16H22I2N2O/c17-12-9-13(16(21)14(18)10-12)15(11-3-1-2-4-11)20-7-5-19-6-8-20/h9-11,15,19,21H,1-8H2/t15-/m0/s1. The average molecular weight is 512 g/mol. The first-order valence-corrected chi connectivity index (χ1v) is 9.95. The highest BCUT2D eigenvalue weighted by Crippen LogP contribution is 2.44. The molecule has 1 saturated heterocycles. The molecule has 1 heterocycles. The van der Waals surface area contributed by atoms with Gasteiger partial charge >= 0.3 is 0 Å². The normalized spacial score (nSPS) is 22.6. The summed E-state index contributed by atoms with van der Waals surface area (Å²) in [4.78, 5) is 2.59. The molecule has 2 fully saturated rings. The van der Waals surface area contributed by atoms with Crippen molar-refractivity contribution in [1.29, 1.82) is 0 Å². The van der Waals surface area contributed by atoms with E-state index in [0.717, 1.165) is 35.3 Å². The van der Waals surface area contributed by atoms with Crippen LogP contribution in [-0.2, 0) is 0 Å². The summed E-state index contributed by atoms with van der Waals surface area (Å²) < 4.78 is 2.20. The topological polar surface area (TPSA) is 35.5 Å². The lowest BCUT2D eigenvalue weighted by Gasteiger charge is -2.39. The summed E-state index contributed by atoms with van der Waals surface area (Å²) in [5.41, 5.74) is 1.15. The van der Waals surface area contributed by atoms with Gasteiger partial charge in [0.15, 0.2) is 0 Å². The van der Waals surface area contributed by atoms with E-state index in [-0.39, 0.29) is 0 Å². The maximum absolute atomic E-state index is 10.6. The van der Waals surface area contributed by atoms with Gasteiger partial charge in [0.05, 0.1) is 3.57 Å². The van der Waals surface area contributed by atoms with Gasteiger partial charge in [0.1, 0.15) is 5.75 Å². The minimum Gasteiger partial charge on any atom is -0.506 e. The van der Waals surface area contributed by atoms with Crippen LogP contribution in [0.3, 0.4) is 0 Å². The first-order valence-electron chi connectivity index (χ1n) is 7.79. The zero-order valence-corrected chi connectivity index (χ0v) is 16.4. The minimum absolute atomic E-state index is 0.387. The van der Waals surface area contributed by atoms with Crippen molar-refractivity contribution < 1.29 is 5.11 Å². The van der Waals surface area contributed by atoms with Crippen LogP contribution in [0.15, 0.2) is 12.1 Å². The molecule has 1 aromatic rings. The second-order valence-electron chi connectivity index (χ2n) is 6.10. The highest BCUT2D eigenvalue weighted by Gasteiger charge is 2.34. The molecular weight excluding hydrogens is 490 g/mol. The fourth-order valence-electron chi connectivity index (χ4n) is 3.79. The largest absolute Gasteiger partial charge is 0.506 e. The number of piperazine rings is 1. The van der Waals surface area contributed by atoms with Crippen molar-refractivity contribution in [3.63, 3.8) is 0 Å². The van der Waals surface area contributed by atoms with Gasteiger partial charge in [-0.1, -0.05) is 12.8 Å². The first-order chi connectivity index (χ1) is 10.2. The molecule has 1 aliphatic carbocycles. The van der Waals surface area contributed by atoms with Gasteiger partial charge in [-0.05, 0) is 76.1 Å². The Hall–Kier alpha value is 0.400. The van der Waals surface area contributed by atoms with Crippen molar-refractivity contribution in [2.45, 2.75) is 31.7 Å². The lowest BCUT2D eigenvalue weighted by Crippen LogP contribution is -2.46. The van der Waals surface area contributed by atoms with Crippen LogP contribution in [0.2, 0.25) is 0 Å². The van der Waals surface area contributed by atoms with Crippen molar-refractivity contribution >= 4 is 45.2 Å². The fourth-order valence-corrected chi connectivity index (χ4v) is 5.68. The second-order valence-corrected chi connectivity index (χ2v) is 8.51. The van der Waals surface area contributed by atoms with E-state index in [4.69, 9.17) is 0 Å². The number of nitrogens with one attached hydrogen (secondary N) is 1. The van der Waals surface area contributed by atoms with Gasteiger partial charge in [-0.25, -0.2) is 0 Å². The van der Waals surface area contributed by atoms with E-state index < -0.39 is 0 Å². The fraction of sp³-hybridized carbons (Fsp3) is 0.625. The van der Waals surface area contributed by atoms with Gasteiger partial charge in [0, 0.05) is 41.4 Å². The number of hydrogen-bond acceptors (Lipinski definition) is 3. The molecule has 5 heteroatoms. The molecule has 1 aromatic carbocycles. The lowest BCUT2D eigenvalue weighted by molar-refractivity contribution is 0.123. The molecule has 0 bridgehead atoms. The van der Waals surface area contributed by atoms with E-state index in [9.17, 15) is 5.11 Å². The van der Waals surface area contributed by atoms with Crippen LogP contribution in [0.5, 0.6) is 5.75 Å². The Labute approximate surface area is 154 Å². The molecule has 0 radical (unpaired) electrons. The summed E-state index contributed by atoms with van der Waals surface area (Å²) in [6, 6.07) is 4.64. The van der Waals surface area contributed by atoms with Crippen molar-refractivity contribution in [1.82, 2.24) is 10.2 Å². The number of nitrogens with zero attached hydrogens (tertiary/aromatic N) is 1. The van der Waals surface area contributed by atoms with E-state index >= 15 is 0 Å². The molecule has 1 saturated carbocycles. The predicted octanol–water partition coefficient (Wildman–Crippen LogP) is 3.74. The minimum atomic E-state index is 0.387. The molecule has 0 aromatic heterocycles. The van der Waals surface area contributed by atoms with Gasteiger partial charge in [0.25, 0.3) is 0 Å². The zero-order valence-electron chi connectivity index (χ0n) is 12.1. The van der Waals surface area contributed by atoms with Crippen LogP contribution in [0.25, 0.3) is 0 Å². The van der Waals surface area contributed by atoms with Crippen molar-refractivity contribution in [3.8, 4) is 5.75 Å². The number of phenolic OH excluding ortho intramolecular Hbond substituents is 1. The summed E-state index contributed by atoms with van der Waals surface area (Å²) in [5.74, 6) is 1.20. The van der Waals surface area contributed by atoms with Crippen LogP contribution < -0.4 is 5.32 Å². The zero-order chi connectivity index (χ0) is 14.8. The number of rotatable bonds is 3. The third-order valence-electron chi connectivity index (χ3n) is 4.77. The van der Waals surface area contributed by atoms with E-state index in [0.29, 0.717) is 17.7 Å². The number of phenols is 1. The number of halogens is 2. The third-order valence-corrected chi connectivity index (χ3v) is 6.21. The summed E-state index contributed by atoms with van der Waals surface area (Å²) in [5, 5.41) is 14.1. The first kappa shape index (κ1) is 16.3. The number of hydrogen-bond donors (Lipinski definition) is 2. The van der Waals surface area contributed by atoms with Crippen LogP contribution in [0.4, 0.5) is 0 Å². The second kappa shape index (κ2) is 7.31. The van der Waals surface area contributed by atoms with Crippen LogP contribution in [-0.4, -0.2) is 36.2 Å². The maximum Gasteiger partial charge on any atom is 0.133 e. The highest BCUT2D eigenvalue weighted by molar-refractivity contribution is 14.1. The maximum atomic E-state index is 10.6. The van der Waals surface area contributed by atoms with Gasteiger partial charge in [-0.3, -0.25) is 4.90 Å². The third kappa shape index (κ3) is 3.67. The van der Waals surface area contributed by atoms with Gasteiger partial charge in [0.2, 0.25) is 0 Å². The Morgan fingerprint density at radius 3 is 2.48 bits per heavy atom. The van der Waals surface area contributed by atoms with Gasteiger partial charge in [-0.15, -0.1) is 0 Å². The van der Waals surface area contributed by atoms with E-state index in [1.54, 1.807) is 0 Å². The van der Waals surface area contributed by atoms with Gasteiger partial charge < -0.3 is 10.4 Å². The van der Waals surface area contributed by atoms with E-state index in [1.165, 1.54) is 29.3 Å². The van der Waals surface area contributed by atoms with Crippen molar-refractivity contribution in [2.75, 3.05) is 26.2 Å². The highest BCUT2D eigenvalue weighted by atomic mass is 127. The Morgan fingerprint density at radius 2 is 1.81 bits per heavy atom. The monoisotopic (exact) mass is 512 g/mol. The summed E-state index contributed by atoms with van der Waals surface area (Å²) in [6.07, 6.45) is 5.29. The smallest absolute Gasteiger partial charge is 0.133 e. The molecule has 0 unspecified atom stereocenters. The number of aromatic hydroxyl groups is 1. The van der Waals surface area contributed by atoms with Crippen LogP contribution >= 0.6 is 45.2 Å². The molecule has 2 N–H and O–H groups in total. The lowest BCUT2D eigenvalue weighted by atomic mass is 9.89. The van der Waals surface area contributed by atoms with Crippen molar-refractivity contribution in [2.24, 2.45) is 5.92 Å². The average Bonchev–Trinajstić information content (AvgIpc) is 2.99. The molecular formula is C16H22I2N2O. The molecule has 1 atom stereocenters. The molecule has 1 aliphatic heterocycles. The van der Waals surface area contributed by atoms with E-state index in [2.05, 4.69) is 67.5 Å².